The van der Waals surface area contributed by atoms with Crippen LogP contribution in [-0.2, 0) is 5.41 Å². The van der Waals surface area contributed by atoms with Crippen molar-refractivity contribution in [2.24, 2.45) is 0 Å². The molecule has 22 heavy (non-hydrogen) atoms. The molecular formula is C13H14N6O2S. The number of tetrazole rings is 1. The van der Waals surface area contributed by atoms with Crippen molar-refractivity contribution < 1.29 is 9.32 Å². The van der Waals surface area contributed by atoms with Crippen LogP contribution < -0.4 is 5.32 Å². The highest BCUT2D eigenvalue weighted by Gasteiger charge is 2.22. The first-order chi connectivity index (χ1) is 10.4. The van der Waals surface area contributed by atoms with Crippen LogP contribution in [0.5, 0.6) is 0 Å². The second-order valence-corrected chi connectivity index (χ2v) is 6.59. The number of rotatable bonds is 3. The van der Waals surface area contributed by atoms with Crippen molar-refractivity contribution in [2.45, 2.75) is 26.2 Å². The van der Waals surface area contributed by atoms with Gasteiger partial charge in [0.15, 0.2) is 5.82 Å². The van der Waals surface area contributed by atoms with Crippen LogP contribution in [-0.4, -0.2) is 31.3 Å². The van der Waals surface area contributed by atoms with Gasteiger partial charge in [0.25, 0.3) is 5.91 Å². The number of carbonyl (C=O) groups is 1. The third kappa shape index (κ3) is 2.75. The van der Waals surface area contributed by atoms with Crippen molar-refractivity contribution in [3.8, 4) is 5.69 Å². The Morgan fingerprint density at radius 3 is 2.86 bits per heavy atom. The molecule has 3 heterocycles. The molecule has 1 N–H and O–H groups in total. The predicted octanol–water partition coefficient (Wildman–Crippen LogP) is 2.26. The molecule has 0 aliphatic rings. The Balaban J connectivity index is 1.81. The minimum absolute atomic E-state index is 0.170. The monoisotopic (exact) mass is 318 g/mol. The van der Waals surface area contributed by atoms with E-state index in [9.17, 15) is 4.79 Å². The standard InChI is InChI=1S/C13H14N6O2S/c1-13(2,3)9-6-10(16-21-9)15-12(20)11-8(4-5-22-11)19-7-14-17-18-19/h4-7H,1-3H3,(H,15,16,20). The summed E-state index contributed by atoms with van der Waals surface area (Å²) in [4.78, 5) is 12.9. The fourth-order valence-electron chi connectivity index (χ4n) is 1.79. The molecule has 9 heteroatoms. The van der Waals surface area contributed by atoms with Crippen LogP contribution in [0.1, 0.15) is 36.2 Å². The van der Waals surface area contributed by atoms with Gasteiger partial charge in [-0.3, -0.25) is 4.79 Å². The second-order valence-electron chi connectivity index (χ2n) is 5.67. The predicted molar refractivity (Wildman–Crippen MR) is 80.2 cm³/mol. The maximum Gasteiger partial charge on any atom is 0.269 e. The van der Waals surface area contributed by atoms with Crippen LogP contribution in [0.4, 0.5) is 5.82 Å². The number of aromatic nitrogens is 5. The quantitative estimate of drug-likeness (QED) is 0.795. The average Bonchev–Trinajstić information content (AvgIpc) is 3.18. The summed E-state index contributed by atoms with van der Waals surface area (Å²) >= 11 is 1.30. The zero-order valence-corrected chi connectivity index (χ0v) is 13.1. The molecule has 3 aromatic rings. The fourth-order valence-corrected chi connectivity index (χ4v) is 2.56. The van der Waals surface area contributed by atoms with E-state index in [1.807, 2.05) is 20.8 Å². The lowest BCUT2D eigenvalue weighted by Crippen LogP contribution is -2.13. The van der Waals surface area contributed by atoms with E-state index in [4.69, 9.17) is 4.52 Å². The number of nitrogens with one attached hydrogen (secondary N) is 1. The topological polar surface area (TPSA) is 98.7 Å². The Morgan fingerprint density at radius 2 is 2.23 bits per heavy atom. The Hall–Kier alpha value is -2.55. The third-order valence-electron chi connectivity index (χ3n) is 2.94. The van der Waals surface area contributed by atoms with Gasteiger partial charge in [-0.2, -0.15) is 4.68 Å². The van der Waals surface area contributed by atoms with Crippen LogP contribution in [0.2, 0.25) is 0 Å². The van der Waals surface area contributed by atoms with Crippen molar-refractivity contribution >= 4 is 23.1 Å². The summed E-state index contributed by atoms with van der Waals surface area (Å²) in [6.07, 6.45) is 1.44. The summed E-state index contributed by atoms with van der Waals surface area (Å²) in [6, 6.07) is 3.50. The van der Waals surface area contributed by atoms with Gasteiger partial charge in [0, 0.05) is 11.5 Å². The smallest absolute Gasteiger partial charge is 0.269 e. The van der Waals surface area contributed by atoms with Gasteiger partial charge in [0.05, 0.1) is 5.69 Å². The van der Waals surface area contributed by atoms with Crippen LogP contribution in [0.15, 0.2) is 28.4 Å². The first kappa shape index (κ1) is 14.4. The van der Waals surface area contributed by atoms with Crippen LogP contribution in [0, 0.1) is 0 Å². The second kappa shape index (κ2) is 5.34. The zero-order valence-electron chi connectivity index (χ0n) is 12.3. The molecule has 0 fully saturated rings. The van der Waals surface area contributed by atoms with E-state index in [2.05, 4.69) is 26.0 Å². The van der Waals surface area contributed by atoms with Crippen molar-refractivity contribution in [1.29, 1.82) is 0 Å². The lowest BCUT2D eigenvalue weighted by molar-refractivity contribution is 0.102. The van der Waals surface area contributed by atoms with Crippen molar-refractivity contribution in [3.63, 3.8) is 0 Å². The summed E-state index contributed by atoms with van der Waals surface area (Å²) in [5, 5.41) is 19.3. The molecule has 0 aliphatic carbocycles. The molecule has 3 aromatic heterocycles. The molecule has 0 radical (unpaired) electrons. The van der Waals surface area contributed by atoms with Crippen molar-refractivity contribution in [3.05, 3.63) is 34.5 Å². The normalized spacial score (nSPS) is 11.6. The van der Waals surface area contributed by atoms with Gasteiger partial charge in [-0.05, 0) is 21.9 Å². The van der Waals surface area contributed by atoms with Gasteiger partial charge in [0.2, 0.25) is 0 Å². The van der Waals surface area contributed by atoms with E-state index in [-0.39, 0.29) is 11.3 Å². The lowest BCUT2D eigenvalue weighted by Gasteiger charge is -2.12. The molecule has 114 valence electrons. The molecule has 0 aromatic carbocycles. The fraction of sp³-hybridized carbons (Fsp3) is 0.308. The maximum atomic E-state index is 12.4. The zero-order chi connectivity index (χ0) is 15.7. The Labute approximate surface area is 130 Å². The van der Waals surface area contributed by atoms with Gasteiger partial charge in [-0.25, -0.2) is 0 Å². The molecular weight excluding hydrogens is 304 g/mol. The van der Waals surface area contributed by atoms with Crippen LogP contribution >= 0.6 is 11.3 Å². The van der Waals surface area contributed by atoms with Crippen LogP contribution in [0.25, 0.3) is 5.69 Å². The molecule has 0 atom stereocenters. The van der Waals surface area contributed by atoms with Crippen molar-refractivity contribution in [2.75, 3.05) is 5.32 Å². The number of thiophene rings is 1. The molecule has 0 saturated carbocycles. The number of nitrogens with zero attached hydrogens (tertiary/aromatic N) is 5. The van der Waals surface area contributed by atoms with E-state index in [1.165, 1.54) is 22.3 Å². The number of amides is 1. The SMILES string of the molecule is CC(C)(C)c1cc(NC(=O)c2sccc2-n2cnnn2)no1. The third-order valence-corrected chi connectivity index (χ3v) is 3.84. The largest absolute Gasteiger partial charge is 0.359 e. The van der Waals surface area contributed by atoms with Crippen molar-refractivity contribution in [1.82, 2.24) is 25.4 Å². The first-order valence-electron chi connectivity index (χ1n) is 6.54. The average molecular weight is 318 g/mol. The molecule has 8 nitrogen and oxygen atoms in total. The number of anilines is 1. The minimum atomic E-state index is -0.283. The molecule has 3 rings (SSSR count). The molecule has 0 aliphatic heterocycles. The first-order valence-corrected chi connectivity index (χ1v) is 7.42. The van der Waals surface area contributed by atoms with E-state index in [1.54, 1.807) is 17.5 Å². The van der Waals surface area contributed by atoms with E-state index < -0.39 is 0 Å². The Kier molecular flexibility index (Phi) is 3.49. The Morgan fingerprint density at radius 1 is 1.41 bits per heavy atom. The minimum Gasteiger partial charge on any atom is -0.359 e. The summed E-state index contributed by atoms with van der Waals surface area (Å²) in [5.41, 5.74) is 0.447. The molecule has 0 spiro atoms. The lowest BCUT2D eigenvalue weighted by atomic mass is 9.93. The van der Waals surface area contributed by atoms with Gasteiger partial charge in [-0.15, -0.1) is 16.4 Å². The summed E-state index contributed by atoms with van der Waals surface area (Å²) in [6.45, 7) is 6.02. The van der Waals surface area contributed by atoms with E-state index >= 15 is 0 Å². The highest BCUT2D eigenvalue weighted by Crippen LogP contribution is 2.26. The molecule has 0 unspecified atom stereocenters. The molecule has 0 saturated heterocycles. The van der Waals surface area contributed by atoms with E-state index in [0.29, 0.717) is 22.1 Å². The summed E-state index contributed by atoms with van der Waals surface area (Å²) in [5.74, 6) is 0.801. The number of hydrogen-bond donors (Lipinski definition) is 1. The van der Waals surface area contributed by atoms with E-state index in [0.717, 1.165) is 0 Å². The number of carbonyl (C=O) groups excluding carboxylic acids is 1. The highest BCUT2D eigenvalue weighted by molar-refractivity contribution is 7.12. The summed E-state index contributed by atoms with van der Waals surface area (Å²) in [7, 11) is 0. The van der Waals surface area contributed by atoms with Gasteiger partial charge >= 0.3 is 0 Å². The maximum absolute atomic E-state index is 12.4. The summed E-state index contributed by atoms with van der Waals surface area (Å²) < 4.78 is 6.69. The number of hydrogen-bond acceptors (Lipinski definition) is 7. The highest BCUT2D eigenvalue weighted by atomic mass is 32.1. The van der Waals surface area contributed by atoms with Gasteiger partial charge < -0.3 is 9.84 Å². The Bertz CT molecular complexity index is 784. The van der Waals surface area contributed by atoms with Gasteiger partial charge in [-0.1, -0.05) is 25.9 Å². The van der Waals surface area contributed by atoms with Crippen LogP contribution in [0.3, 0.4) is 0 Å². The molecule has 1 amide bonds. The molecule has 0 bridgehead atoms. The van der Waals surface area contributed by atoms with Gasteiger partial charge in [0.1, 0.15) is 17.0 Å².